The van der Waals surface area contributed by atoms with Gasteiger partial charge in [-0.2, -0.15) is 15.6 Å². The number of fused-ring (bicyclic) bond motifs is 1. The zero-order valence-corrected chi connectivity index (χ0v) is 19.3. The summed E-state index contributed by atoms with van der Waals surface area (Å²) in [6.45, 7) is 0. The van der Waals surface area contributed by atoms with Crippen LogP contribution >= 0.6 is 37.2 Å². The summed E-state index contributed by atoms with van der Waals surface area (Å²) in [6, 6.07) is 21.1. The van der Waals surface area contributed by atoms with E-state index >= 15 is 0 Å². The molecule has 0 aliphatic carbocycles. The van der Waals surface area contributed by atoms with E-state index in [2.05, 4.69) is 32.3 Å². The number of benzene rings is 2. The minimum atomic E-state index is 0. The second kappa shape index (κ2) is 10.6. The number of aromatic nitrogens is 5. The molecule has 2 aromatic carbocycles. The molecule has 0 aliphatic heterocycles. The van der Waals surface area contributed by atoms with Crippen LogP contribution in [0.1, 0.15) is 11.1 Å². The van der Waals surface area contributed by atoms with Gasteiger partial charge in [0.25, 0.3) is 0 Å². The number of halogens is 3. The van der Waals surface area contributed by atoms with E-state index in [0.717, 1.165) is 33.4 Å². The van der Waals surface area contributed by atoms with Crippen molar-refractivity contribution >= 4 is 48.3 Å². The van der Waals surface area contributed by atoms with Gasteiger partial charge in [0.15, 0.2) is 0 Å². The smallest absolute Gasteiger partial charge is 0.138 e. The molecule has 10 heteroatoms. The average molecular weight is 497 g/mol. The van der Waals surface area contributed by atoms with Gasteiger partial charge in [0.2, 0.25) is 0 Å². The highest BCUT2D eigenvalue weighted by Crippen LogP contribution is 2.32. The lowest BCUT2D eigenvalue weighted by Crippen LogP contribution is -1.96. The van der Waals surface area contributed by atoms with Crippen LogP contribution < -0.4 is 0 Å². The van der Waals surface area contributed by atoms with Crippen LogP contribution in [0, 0.1) is 22.7 Å². The normalized spacial score (nSPS) is 9.64. The molecule has 0 spiro atoms. The second-order valence-electron chi connectivity index (χ2n) is 6.68. The Balaban J connectivity index is 0.00000128. The molecule has 3 heterocycles. The summed E-state index contributed by atoms with van der Waals surface area (Å²) in [5, 5.41) is 25.5. The van der Waals surface area contributed by atoms with Gasteiger partial charge in [-0.3, -0.25) is 9.67 Å². The van der Waals surface area contributed by atoms with Gasteiger partial charge in [-0.25, -0.2) is 9.97 Å². The van der Waals surface area contributed by atoms with Crippen molar-refractivity contribution in [3.05, 3.63) is 84.4 Å². The molecule has 0 unspecified atom stereocenters. The van der Waals surface area contributed by atoms with Gasteiger partial charge in [0.05, 0.1) is 33.9 Å². The number of aromatic amines is 1. The number of nitriles is 2. The molecule has 0 amide bonds. The largest absolute Gasteiger partial charge is 0.284 e. The first-order chi connectivity index (χ1) is 14.8. The van der Waals surface area contributed by atoms with Gasteiger partial charge in [-0.1, -0.05) is 18.2 Å². The van der Waals surface area contributed by atoms with Crippen molar-refractivity contribution in [3.63, 3.8) is 0 Å². The minimum absolute atomic E-state index is 0. The van der Waals surface area contributed by atoms with Gasteiger partial charge in [-0.15, -0.1) is 37.2 Å². The Hall–Kier alpha value is -3.88. The lowest BCUT2D eigenvalue weighted by Gasteiger charge is -2.06. The van der Waals surface area contributed by atoms with Gasteiger partial charge >= 0.3 is 0 Å². The third-order valence-electron chi connectivity index (χ3n) is 4.89. The molecular weight excluding hydrogens is 481 g/mol. The molecule has 0 atom stereocenters. The number of hydrogen-bond acceptors (Lipinski definition) is 5. The van der Waals surface area contributed by atoms with Crippen molar-refractivity contribution in [1.29, 1.82) is 10.5 Å². The predicted octanol–water partition coefficient (Wildman–Crippen LogP) is 5.49. The van der Waals surface area contributed by atoms with E-state index in [1.165, 1.54) is 0 Å². The molecule has 0 bridgehead atoms. The van der Waals surface area contributed by atoms with E-state index in [9.17, 15) is 5.26 Å². The van der Waals surface area contributed by atoms with Gasteiger partial charge < -0.3 is 0 Å². The van der Waals surface area contributed by atoms with Gasteiger partial charge in [0, 0.05) is 23.5 Å². The molecule has 0 saturated carbocycles. The van der Waals surface area contributed by atoms with E-state index in [4.69, 9.17) is 5.26 Å². The predicted molar refractivity (Wildman–Crippen MR) is 133 cm³/mol. The fraction of sp³-hybridized carbons (Fsp3) is 0. The monoisotopic (exact) mass is 495 g/mol. The Labute approximate surface area is 208 Å². The quantitative estimate of drug-likeness (QED) is 0.355. The molecule has 7 nitrogen and oxygen atoms in total. The summed E-state index contributed by atoms with van der Waals surface area (Å²) in [7, 11) is 0. The van der Waals surface area contributed by atoms with Crippen molar-refractivity contribution in [1.82, 2.24) is 24.7 Å². The fourth-order valence-corrected chi connectivity index (χ4v) is 3.42. The highest BCUT2D eigenvalue weighted by molar-refractivity contribution is 5.88. The number of imidazole rings is 1. The van der Waals surface area contributed by atoms with Crippen molar-refractivity contribution in [3.8, 4) is 40.3 Å². The number of nitrogens with one attached hydrogen (secondary N) is 1. The first-order valence-electron chi connectivity index (χ1n) is 9.15. The highest BCUT2D eigenvalue weighted by atomic mass is 35.5. The molecule has 3 aromatic heterocycles. The molecule has 0 saturated heterocycles. The van der Waals surface area contributed by atoms with Gasteiger partial charge in [0.1, 0.15) is 18.2 Å². The maximum absolute atomic E-state index is 9.20. The highest BCUT2D eigenvalue weighted by Gasteiger charge is 2.14. The molecule has 5 rings (SSSR count). The Morgan fingerprint density at radius 3 is 2.36 bits per heavy atom. The van der Waals surface area contributed by atoms with E-state index in [1.54, 1.807) is 30.7 Å². The Kier molecular flexibility index (Phi) is 8.17. The van der Waals surface area contributed by atoms with Crippen molar-refractivity contribution in [2.45, 2.75) is 0 Å². The molecule has 164 valence electrons. The van der Waals surface area contributed by atoms with Crippen LogP contribution in [-0.4, -0.2) is 24.7 Å². The average Bonchev–Trinajstić information content (AvgIpc) is 3.46. The SMILES string of the molecule is Cl.Cl.Cl.N#Cc1ccc(-n2cnc3ccc(-c4c[nH]nc4-c4cccc(C#N)c4)cc32)nc1. The maximum atomic E-state index is 9.20. The molecule has 0 aliphatic rings. The van der Waals surface area contributed by atoms with E-state index in [0.29, 0.717) is 16.9 Å². The van der Waals surface area contributed by atoms with Gasteiger partial charge in [-0.05, 0) is 42.0 Å². The Morgan fingerprint density at radius 2 is 1.64 bits per heavy atom. The first kappa shape index (κ1) is 25.4. The zero-order valence-electron chi connectivity index (χ0n) is 16.8. The molecule has 0 fully saturated rings. The van der Waals surface area contributed by atoms with Crippen LogP contribution in [0.5, 0.6) is 0 Å². The van der Waals surface area contributed by atoms with E-state index < -0.39 is 0 Å². The van der Waals surface area contributed by atoms with Crippen molar-refractivity contribution < 1.29 is 0 Å². The molecule has 0 radical (unpaired) electrons. The zero-order chi connectivity index (χ0) is 20.5. The van der Waals surface area contributed by atoms with E-state index in [-0.39, 0.29) is 37.2 Å². The summed E-state index contributed by atoms with van der Waals surface area (Å²) in [5.74, 6) is 0.683. The molecular formula is C23H16Cl3N7. The topological polar surface area (TPSA) is 107 Å². The summed E-state index contributed by atoms with van der Waals surface area (Å²) in [6.07, 6.45) is 5.10. The minimum Gasteiger partial charge on any atom is -0.284 e. The number of rotatable bonds is 3. The van der Waals surface area contributed by atoms with Crippen LogP contribution in [0.4, 0.5) is 0 Å². The van der Waals surface area contributed by atoms with Crippen LogP contribution in [0.3, 0.4) is 0 Å². The fourth-order valence-electron chi connectivity index (χ4n) is 3.42. The Morgan fingerprint density at radius 1 is 0.818 bits per heavy atom. The summed E-state index contributed by atoms with van der Waals surface area (Å²) < 4.78 is 1.88. The lowest BCUT2D eigenvalue weighted by molar-refractivity contribution is 1.02. The van der Waals surface area contributed by atoms with Crippen molar-refractivity contribution in [2.75, 3.05) is 0 Å². The third kappa shape index (κ3) is 4.67. The molecule has 33 heavy (non-hydrogen) atoms. The lowest BCUT2D eigenvalue weighted by atomic mass is 10.0. The van der Waals surface area contributed by atoms with Crippen LogP contribution in [0.25, 0.3) is 39.2 Å². The maximum Gasteiger partial charge on any atom is 0.138 e. The Bertz CT molecular complexity index is 1470. The van der Waals surface area contributed by atoms with Crippen LogP contribution in [-0.2, 0) is 0 Å². The third-order valence-corrected chi connectivity index (χ3v) is 4.89. The number of H-pyrrole nitrogens is 1. The van der Waals surface area contributed by atoms with Crippen molar-refractivity contribution in [2.24, 2.45) is 0 Å². The molecule has 1 N–H and O–H groups in total. The molecule has 5 aromatic rings. The first-order valence-corrected chi connectivity index (χ1v) is 9.15. The standard InChI is InChI=1S/C23H13N7.3ClH/c24-10-15-2-1-3-18(8-15)23-19(13-28-29-23)17-5-6-20-21(9-17)30(14-27-20)22-7-4-16(11-25)12-26-22;;;/h1-9,12-14H,(H,28,29);3*1H. The number of hydrogen-bond donors (Lipinski definition) is 1. The van der Waals surface area contributed by atoms with Crippen LogP contribution in [0.2, 0.25) is 0 Å². The summed E-state index contributed by atoms with van der Waals surface area (Å²) in [4.78, 5) is 8.83. The van der Waals surface area contributed by atoms with Crippen LogP contribution in [0.15, 0.2) is 73.3 Å². The van der Waals surface area contributed by atoms with E-state index in [1.807, 2.05) is 47.2 Å². The summed E-state index contributed by atoms with van der Waals surface area (Å²) in [5.41, 5.74) is 6.34. The number of nitrogens with zero attached hydrogens (tertiary/aromatic N) is 6. The second-order valence-corrected chi connectivity index (χ2v) is 6.68. The summed E-state index contributed by atoms with van der Waals surface area (Å²) >= 11 is 0. The number of pyridine rings is 1.